The van der Waals surface area contributed by atoms with E-state index in [4.69, 9.17) is 5.21 Å². The quantitative estimate of drug-likeness (QED) is 0.464. The van der Waals surface area contributed by atoms with Crippen molar-refractivity contribution in [2.75, 3.05) is 0 Å². The highest BCUT2D eigenvalue weighted by Crippen LogP contribution is 2.01. The van der Waals surface area contributed by atoms with Crippen molar-refractivity contribution in [1.82, 2.24) is 5.48 Å². The Morgan fingerprint density at radius 3 is 2.30 bits per heavy atom. The molecule has 0 radical (unpaired) electrons. The Hall–Kier alpha value is -0.600. The first-order valence-corrected chi connectivity index (χ1v) is 3.34. The molecule has 0 amide bonds. The lowest BCUT2D eigenvalue weighted by molar-refractivity contribution is 0.106. The van der Waals surface area contributed by atoms with Crippen LogP contribution in [0.25, 0.3) is 0 Å². The van der Waals surface area contributed by atoms with Crippen LogP contribution in [0.4, 0.5) is 0 Å². The van der Waals surface area contributed by atoms with Gasteiger partial charge in [0.1, 0.15) is 0 Å². The van der Waals surface area contributed by atoms with Gasteiger partial charge in [0, 0.05) is 0 Å². The molecule has 0 heterocycles. The SMILES string of the molecule is C/C=C\C=C/C(C)(C)NO. The minimum absolute atomic E-state index is 0.334. The van der Waals surface area contributed by atoms with Gasteiger partial charge in [0.15, 0.2) is 0 Å². The molecule has 58 valence electrons. The van der Waals surface area contributed by atoms with Gasteiger partial charge in [-0.3, -0.25) is 0 Å². The average Bonchev–Trinajstić information content (AvgIpc) is 1.89. The maximum absolute atomic E-state index is 8.57. The maximum atomic E-state index is 8.57. The third kappa shape index (κ3) is 4.30. The van der Waals surface area contributed by atoms with Crippen molar-refractivity contribution in [2.24, 2.45) is 0 Å². The van der Waals surface area contributed by atoms with Crippen LogP contribution in [0.15, 0.2) is 24.3 Å². The van der Waals surface area contributed by atoms with E-state index in [0.717, 1.165) is 0 Å². The van der Waals surface area contributed by atoms with Crippen LogP contribution >= 0.6 is 0 Å². The van der Waals surface area contributed by atoms with Crippen LogP contribution in [0, 0.1) is 0 Å². The molecule has 0 saturated carbocycles. The molecule has 0 unspecified atom stereocenters. The molecule has 0 bridgehead atoms. The fourth-order valence-corrected chi connectivity index (χ4v) is 0.444. The Morgan fingerprint density at radius 2 is 1.90 bits per heavy atom. The molecule has 0 aromatic heterocycles. The summed E-state index contributed by atoms with van der Waals surface area (Å²) in [6.07, 6.45) is 7.62. The maximum Gasteiger partial charge on any atom is 0.0556 e. The second-order valence-electron chi connectivity index (χ2n) is 2.72. The second-order valence-corrected chi connectivity index (χ2v) is 2.72. The summed E-state index contributed by atoms with van der Waals surface area (Å²) in [7, 11) is 0. The van der Waals surface area contributed by atoms with E-state index in [1.165, 1.54) is 0 Å². The Balaban J connectivity index is 3.86. The Labute approximate surface area is 62.2 Å². The van der Waals surface area contributed by atoms with E-state index in [0.29, 0.717) is 0 Å². The van der Waals surface area contributed by atoms with E-state index in [1.54, 1.807) is 0 Å². The van der Waals surface area contributed by atoms with E-state index in [9.17, 15) is 0 Å². The summed E-state index contributed by atoms with van der Waals surface area (Å²) in [5.74, 6) is 0. The topological polar surface area (TPSA) is 32.3 Å². The van der Waals surface area contributed by atoms with E-state index in [1.807, 2.05) is 45.1 Å². The van der Waals surface area contributed by atoms with Crippen LogP contribution in [0.1, 0.15) is 20.8 Å². The summed E-state index contributed by atoms with van der Waals surface area (Å²) in [5, 5.41) is 8.57. The molecule has 0 aromatic carbocycles. The fourth-order valence-electron chi connectivity index (χ4n) is 0.444. The standard InChI is InChI=1S/C8H15NO/c1-4-5-6-7-8(2,3)9-10/h4-7,9-10H,1-3H3/b5-4-,7-6-. The molecule has 2 nitrogen and oxygen atoms in total. The lowest BCUT2D eigenvalue weighted by Gasteiger charge is -2.16. The monoisotopic (exact) mass is 141 g/mol. The third-order valence-corrected chi connectivity index (χ3v) is 1.10. The Bertz CT molecular complexity index is 136. The molecule has 0 aliphatic heterocycles. The van der Waals surface area contributed by atoms with Crippen LogP contribution in [0.3, 0.4) is 0 Å². The molecular formula is C8H15NO. The Morgan fingerprint density at radius 1 is 1.30 bits per heavy atom. The summed E-state index contributed by atoms with van der Waals surface area (Å²) in [6, 6.07) is 0. The van der Waals surface area contributed by atoms with E-state index < -0.39 is 0 Å². The molecule has 2 N–H and O–H groups in total. The van der Waals surface area contributed by atoms with Crippen LogP contribution in [0.2, 0.25) is 0 Å². The number of allylic oxidation sites excluding steroid dienone is 3. The van der Waals surface area contributed by atoms with Gasteiger partial charge in [0.05, 0.1) is 5.54 Å². The lowest BCUT2D eigenvalue weighted by atomic mass is 10.1. The van der Waals surface area contributed by atoms with Gasteiger partial charge in [-0.15, -0.1) is 0 Å². The van der Waals surface area contributed by atoms with Crippen molar-refractivity contribution in [3.05, 3.63) is 24.3 Å². The molecule has 2 heteroatoms. The smallest absolute Gasteiger partial charge is 0.0556 e. The third-order valence-electron chi connectivity index (χ3n) is 1.10. The Kier molecular flexibility index (Phi) is 4.00. The van der Waals surface area contributed by atoms with Crippen molar-refractivity contribution in [2.45, 2.75) is 26.3 Å². The molecule has 0 spiro atoms. The van der Waals surface area contributed by atoms with Gasteiger partial charge in [0.25, 0.3) is 0 Å². The number of hydroxylamine groups is 1. The first kappa shape index (κ1) is 9.40. The normalized spacial score (nSPS) is 13.6. The van der Waals surface area contributed by atoms with E-state index in [-0.39, 0.29) is 5.54 Å². The number of rotatable bonds is 3. The first-order chi connectivity index (χ1) is 4.62. The molecule has 0 atom stereocenters. The first-order valence-electron chi connectivity index (χ1n) is 3.34. The minimum atomic E-state index is -0.334. The van der Waals surface area contributed by atoms with Crippen molar-refractivity contribution in [3.63, 3.8) is 0 Å². The largest absolute Gasteiger partial charge is 0.316 e. The summed E-state index contributed by atoms with van der Waals surface area (Å²) in [4.78, 5) is 0. The van der Waals surface area contributed by atoms with Gasteiger partial charge in [-0.25, -0.2) is 0 Å². The van der Waals surface area contributed by atoms with Gasteiger partial charge in [0.2, 0.25) is 0 Å². The van der Waals surface area contributed by atoms with Crippen LogP contribution in [-0.4, -0.2) is 10.7 Å². The van der Waals surface area contributed by atoms with Crippen LogP contribution < -0.4 is 5.48 Å². The minimum Gasteiger partial charge on any atom is -0.316 e. The van der Waals surface area contributed by atoms with Gasteiger partial charge < -0.3 is 5.21 Å². The zero-order chi connectivity index (χ0) is 8.04. The zero-order valence-electron chi connectivity index (χ0n) is 6.76. The van der Waals surface area contributed by atoms with Crippen molar-refractivity contribution < 1.29 is 5.21 Å². The van der Waals surface area contributed by atoms with Crippen molar-refractivity contribution in [1.29, 1.82) is 0 Å². The van der Waals surface area contributed by atoms with Crippen LogP contribution in [0.5, 0.6) is 0 Å². The highest BCUT2D eigenvalue weighted by atomic mass is 16.5. The predicted molar refractivity (Wildman–Crippen MR) is 43.0 cm³/mol. The molecule has 0 saturated heterocycles. The van der Waals surface area contributed by atoms with Gasteiger partial charge in [-0.05, 0) is 20.8 Å². The summed E-state index contributed by atoms with van der Waals surface area (Å²) < 4.78 is 0. The van der Waals surface area contributed by atoms with E-state index >= 15 is 0 Å². The molecular weight excluding hydrogens is 126 g/mol. The fraction of sp³-hybridized carbons (Fsp3) is 0.500. The summed E-state index contributed by atoms with van der Waals surface area (Å²) >= 11 is 0. The lowest BCUT2D eigenvalue weighted by Crippen LogP contribution is -2.33. The summed E-state index contributed by atoms with van der Waals surface area (Å²) in [5.41, 5.74) is 1.85. The number of hydrogen-bond donors (Lipinski definition) is 2. The average molecular weight is 141 g/mol. The van der Waals surface area contributed by atoms with Crippen molar-refractivity contribution >= 4 is 0 Å². The number of nitrogens with one attached hydrogen (secondary N) is 1. The zero-order valence-corrected chi connectivity index (χ0v) is 6.76. The highest BCUT2D eigenvalue weighted by Gasteiger charge is 2.08. The van der Waals surface area contributed by atoms with Crippen LogP contribution in [-0.2, 0) is 0 Å². The van der Waals surface area contributed by atoms with Gasteiger partial charge in [-0.2, -0.15) is 5.48 Å². The van der Waals surface area contributed by atoms with E-state index in [2.05, 4.69) is 5.48 Å². The number of hydrogen-bond acceptors (Lipinski definition) is 2. The molecule has 0 aliphatic carbocycles. The molecule has 0 fully saturated rings. The molecule has 10 heavy (non-hydrogen) atoms. The molecule has 0 aliphatic rings. The van der Waals surface area contributed by atoms with Gasteiger partial charge in [-0.1, -0.05) is 24.3 Å². The van der Waals surface area contributed by atoms with Gasteiger partial charge >= 0.3 is 0 Å². The molecule has 0 aromatic rings. The second kappa shape index (κ2) is 4.25. The predicted octanol–water partition coefficient (Wildman–Crippen LogP) is 1.88. The highest BCUT2D eigenvalue weighted by molar-refractivity contribution is 5.08. The van der Waals surface area contributed by atoms with Crippen molar-refractivity contribution in [3.8, 4) is 0 Å². The molecule has 0 rings (SSSR count). The summed E-state index contributed by atoms with van der Waals surface area (Å²) in [6.45, 7) is 5.71.